The summed E-state index contributed by atoms with van der Waals surface area (Å²) in [7, 11) is 0. The molecule has 0 spiro atoms. The normalized spacial score (nSPS) is 27.0. The zero-order chi connectivity index (χ0) is 17.5. The summed E-state index contributed by atoms with van der Waals surface area (Å²) in [6, 6.07) is 4.14. The number of carboxylic acids is 1. The van der Waals surface area contributed by atoms with Crippen LogP contribution in [0.5, 0.6) is 0 Å². The van der Waals surface area contributed by atoms with Gasteiger partial charge in [0.1, 0.15) is 0 Å². The highest BCUT2D eigenvalue weighted by Gasteiger charge is 2.50. The van der Waals surface area contributed by atoms with Gasteiger partial charge in [-0.05, 0) is 24.0 Å². The molecule has 1 N–H and O–H groups in total. The molecule has 3 atom stereocenters. The lowest BCUT2D eigenvalue weighted by atomic mass is 10.0. The van der Waals surface area contributed by atoms with Gasteiger partial charge in [0.05, 0.1) is 18.8 Å². The van der Waals surface area contributed by atoms with Gasteiger partial charge in [-0.15, -0.1) is 0 Å². The van der Waals surface area contributed by atoms with E-state index >= 15 is 0 Å². The smallest absolute Gasteiger partial charge is 0.416 e. The predicted octanol–water partition coefficient (Wildman–Crippen LogP) is 2.12. The monoisotopic (exact) mass is 343 g/mol. The third-order valence-corrected chi connectivity index (χ3v) is 4.47. The van der Waals surface area contributed by atoms with Gasteiger partial charge in [0.15, 0.2) is 6.04 Å². The van der Waals surface area contributed by atoms with E-state index in [2.05, 4.69) is 0 Å². The molecule has 1 saturated carbocycles. The number of hydrogen-bond donors (Lipinski definition) is 1. The zero-order valence-corrected chi connectivity index (χ0v) is 12.6. The van der Waals surface area contributed by atoms with E-state index in [-0.39, 0.29) is 25.3 Å². The Kier molecular flexibility index (Phi) is 4.25. The Hall–Kier alpha value is -2.09. The number of rotatable bonds is 3. The molecular weight excluding hydrogens is 327 g/mol. The van der Waals surface area contributed by atoms with E-state index in [9.17, 15) is 27.9 Å². The van der Waals surface area contributed by atoms with Crippen molar-refractivity contribution in [2.24, 2.45) is 5.92 Å². The number of carbonyl (C=O) groups excluding carboxylic acids is 1. The Morgan fingerprint density at radius 3 is 2.62 bits per heavy atom. The molecule has 8 heteroatoms. The maximum atomic E-state index is 13.1. The van der Waals surface area contributed by atoms with Crippen molar-refractivity contribution in [2.75, 3.05) is 19.8 Å². The average Bonchev–Trinajstić information content (AvgIpc) is 3.34. The van der Waals surface area contributed by atoms with Crippen LogP contribution in [0.1, 0.15) is 23.5 Å². The fraction of sp³-hybridized carbons (Fsp3) is 0.500. The third kappa shape index (κ3) is 3.10. The van der Waals surface area contributed by atoms with Gasteiger partial charge in [-0.3, -0.25) is 4.79 Å². The van der Waals surface area contributed by atoms with Crippen LogP contribution in [0.2, 0.25) is 0 Å². The van der Waals surface area contributed by atoms with Crippen molar-refractivity contribution in [2.45, 2.75) is 24.6 Å². The van der Waals surface area contributed by atoms with Gasteiger partial charge in [0.25, 0.3) is 0 Å². The molecule has 1 saturated heterocycles. The van der Waals surface area contributed by atoms with Gasteiger partial charge in [0.2, 0.25) is 5.91 Å². The van der Waals surface area contributed by atoms with Crippen molar-refractivity contribution in [1.29, 1.82) is 0 Å². The van der Waals surface area contributed by atoms with Crippen molar-refractivity contribution in [3.8, 4) is 0 Å². The number of aliphatic carboxylic acids is 1. The van der Waals surface area contributed by atoms with Crippen molar-refractivity contribution in [3.63, 3.8) is 0 Å². The number of carboxylic acid groups (broad SMARTS) is 1. The van der Waals surface area contributed by atoms with Crippen LogP contribution in [-0.2, 0) is 20.5 Å². The summed E-state index contributed by atoms with van der Waals surface area (Å²) < 4.78 is 44.4. The maximum absolute atomic E-state index is 13.1. The van der Waals surface area contributed by atoms with E-state index in [0.717, 1.165) is 6.07 Å². The molecule has 0 radical (unpaired) electrons. The summed E-state index contributed by atoms with van der Waals surface area (Å²) in [5.74, 6) is -2.70. The van der Waals surface area contributed by atoms with E-state index in [1.165, 1.54) is 23.1 Å². The second-order valence-corrected chi connectivity index (χ2v) is 5.99. The number of nitrogens with zero attached hydrogens (tertiary/aromatic N) is 1. The molecule has 1 aromatic carbocycles. The molecule has 0 bridgehead atoms. The standard InChI is InChI=1S/C16H16F3NO4/c17-16(18,19)12-4-2-1-3-9(12)10-7-11(10)14(21)20-5-6-24-8-13(20)15(22)23/h1-4,10-11,13H,5-8H2,(H,22,23)/t10-,11-,13+/m1/s1. The summed E-state index contributed by atoms with van der Waals surface area (Å²) in [6.45, 7) is 0.267. The SMILES string of the molecule is O=C(O)[C@@H]1COCCN1C(=O)[C@@H]1C[C@@H]1c1ccccc1C(F)(F)F. The van der Waals surface area contributed by atoms with E-state index in [0.29, 0.717) is 6.42 Å². The molecule has 5 nitrogen and oxygen atoms in total. The lowest BCUT2D eigenvalue weighted by Crippen LogP contribution is -2.53. The Bertz CT molecular complexity index is 661. The summed E-state index contributed by atoms with van der Waals surface area (Å²) in [5, 5.41) is 9.17. The quantitative estimate of drug-likeness (QED) is 0.913. The molecule has 1 aliphatic heterocycles. The molecule has 24 heavy (non-hydrogen) atoms. The van der Waals surface area contributed by atoms with Crippen LogP contribution in [0.15, 0.2) is 24.3 Å². The van der Waals surface area contributed by atoms with Gasteiger partial charge in [0, 0.05) is 12.5 Å². The lowest BCUT2D eigenvalue weighted by Gasteiger charge is -2.33. The van der Waals surface area contributed by atoms with Gasteiger partial charge >= 0.3 is 12.1 Å². The number of carbonyl (C=O) groups is 2. The Balaban J connectivity index is 1.78. The van der Waals surface area contributed by atoms with Crippen LogP contribution >= 0.6 is 0 Å². The van der Waals surface area contributed by atoms with E-state index in [1.807, 2.05) is 0 Å². The van der Waals surface area contributed by atoms with Crippen molar-refractivity contribution in [3.05, 3.63) is 35.4 Å². The van der Waals surface area contributed by atoms with Crippen molar-refractivity contribution < 1.29 is 32.6 Å². The summed E-state index contributed by atoms with van der Waals surface area (Å²) in [5.41, 5.74) is -0.634. The van der Waals surface area contributed by atoms with Crippen LogP contribution in [-0.4, -0.2) is 47.7 Å². The first-order chi connectivity index (χ1) is 11.3. The second kappa shape index (κ2) is 6.08. The Labute approximate surface area is 136 Å². The van der Waals surface area contributed by atoms with Gasteiger partial charge in [-0.2, -0.15) is 13.2 Å². The fourth-order valence-corrected chi connectivity index (χ4v) is 3.18. The number of amides is 1. The number of halogens is 3. The molecule has 1 amide bonds. The minimum absolute atomic E-state index is 0.0996. The molecule has 1 aromatic rings. The fourth-order valence-electron chi connectivity index (χ4n) is 3.18. The number of ether oxygens (including phenoxy) is 1. The first-order valence-corrected chi connectivity index (χ1v) is 7.58. The molecule has 2 aliphatic rings. The number of benzene rings is 1. The summed E-state index contributed by atoms with van der Waals surface area (Å²) >= 11 is 0. The van der Waals surface area contributed by atoms with Gasteiger partial charge in [-0.25, -0.2) is 4.79 Å². The van der Waals surface area contributed by atoms with E-state index < -0.39 is 41.5 Å². The van der Waals surface area contributed by atoms with Gasteiger partial charge < -0.3 is 14.7 Å². The first kappa shape index (κ1) is 16.8. The van der Waals surface area contributed by atoms with E-state index in [4.69, 9.17) is 4.74 Å². The lowest BCUT2D eigenvalue weighted by molar-refractivity contribution is -0.159. The molecule has 1 aliphatic carbocycles. The number of hydrogen-bond acceptors (Lipinski definition) is 3. The van der Waals surface area contributed by atoms with Crippen LogP contribution in [0.3, 0.4) is 0 Å². The molecule has 0 unspecified atom stereocenters. The topological polar surface area (TPSA) is 66.8 Å². The van der Waals surface area contributed by atoms with Crippen LogP contribution < -0.4 is 0 Å². The third-order valence-electron chi connectivity index (χ3n) is 4.47. The van der Waals surface area contributed by atoms with Crippen molar-refractivity contribution in [1.82, 2.24) is 4.90 Å². The Morgan fingerprint density at radius 1 is 1.25 bits per heavy atom. The highest BCUT2D eigenvalue weighted by atomic mass is 19.4. The first-order valence-electron chi connectivity index (χ1n) is 7.58. The summed E-state index contributed by atoms with van der Waals surface area (Å²) in [4.78, 5) is 25.0. The van der Waals surface area contributed by atoms with E-state index in [1.54, 1.807) is 0 Å². The molecule has 3 rings (SSSR count). The maximum Gasteiger partial charge on any atom is 0.416 e. The second-order valence-electron chi connectivity index (χ2n) is 5.99. The molecule has 1 heterocycles. The van der Waals surface area contributed by atoms with Crippen LogP contribution in [0.25, 0.3) is 0 Å². The molecule has 2 fully saturated rings. The number of morpholine rings is 1. The average molecular weight is 343 g/mol. The summed E-state index contributed by atoms with van der Waals surface area (Å²) in [6.07, 6.45) is -4.18. The highest BCUT2D eigenvalue weighted by molar-refractivity contribution is 5.88. The minimum Gasteiger partial charge on any atom is -0.480 e. The largest absolute Gasteiger partial charge is 0.480 e. The van der Waals surface area contributed by atoms with Crippen LogP contribution in [0.4, 0.5) is 13.2 Å². The number of alkyl halides is 3. The highest BCUT2D eigenvalue weighted by Crippen LogP contribution is 2.51. The van der Waals surface area contributed by atoms with Crippen LogP contribution in [0, 0.1) is 5.92 Å². The predicted molar refractivity (Wildman–Crippen MR) is 76.2 cm³/mol. The molecule has 0 aromatic heterocycles. The van der Waals surface area contributed by atoms with Crippen molar-refractivity contribution >= 4 is 11.9 Å². The molecule has 130 valence electrons. The minimum atomic E-state index is -4.48. The molecular formula is C16H16F3NO4. The zero-order valence-electron chi connectivity index (χ0n) is 12.6. The Morgan fingerprint density at radius 2 is 1.96 bits per heavy atom. The van der Waals surface area contributed by atoms with Gasteiger partial charge in [-0.1, -0.05) is 18.2 Å².